The second-order valence-corrected chi connectivity index (χ2v) is 7.67. The number of rotatable bonds is 5. The van der Waals surface area contributed by atoms with Gasteiger partial charge in [0.1, 0.15) is 6.10 Å². The van der Waals surface area contributed by atoms with E-state index in [0.717, 1.165) is 19.0 Å². The van der Waals surface area contributed by atoms with E-state index in [2.05, 4.69) is 0 Å². The molecule has 3 atom stereocenters. The maximum Gasteiger partial charge on any atom is 0.339 e. The summed E-state index contributed by atoms with van der Waals surface area (Å²) in [5.41, 5.74) is -3.83. The highest BCUT2D eigenvalue weighted by Crippen LogP contribution is 2.55. The Bertz CT molecular complexity index is 529. The number of hydrogen-bond acceptors (Lipinski definition) is 6. The molecule has 0 aromatic heterocycles. The number of carbonyl (C=O) groups excluding carboxylic acids is 2. The van der Waals surface area contributed by atoms with E-state index in [1.54, 1.807) is 41.5 Å². The van der Waals surface area contributed by atoms with Gasteiger partial charge in [0.2, 0.25) is 13.0 Å². The fourth-order valence-corrected chi connectivity index (χ4v) is 4.14. The molecule has 1 amide bonds. The van der Waals surface area contributed by atoms with E-state index in [-0.39, 0.29) is 11.8 Å². The third-order valence-electron chi connectivity index (χ3n) is 4.62. The molecule has 0 aromatic carbocycles. The molecule has 8 heteroatoms. The molecular formula is C14H23BNO5S. The molecule has 1 radical (unpaired) electrons. The van der Waals surface area contributed by atoms with Crippen molar-refractivity contribution in [3.8, 4) is 0 Å². The quantitative estimate of drug-likeness (QED) is 0.455. The SMILES string of the molecule is [3H][B]SO[C@@H]1C(C)(C)C(=O)N2C(C)(C)OC(=O)[C@]12[C@H](O)C(C)C. The molecule has 0 aliphatic carbocycles. The normalized spacial score (nSPS) is 34.5. The first-order valence-corrected chi connectivity index (χ1v) is 8.04. The van der Waals surface area contributed by atoms with E-state index in [1.165, 1.54) is 4.90 Å². The minimum absolute atomic E-state index is 0.295. The van der Waals surface area contributed by atoms with Gasteiger partial charge < -0.3 is 14.0 Å². The Balaban J connectivity index is 2.68. The Labute approximate surface area is 137 Å². The maximum absolute atomic E-state index is 13.0. The van der Waals surface area contributed by atoms with Crippen LogP contribution in [0.2, 0.25) is 0 Å². The third kappa shape index (κ3) is 1.96. The molecule has 22 heavy (non-hydrogen) atoms. The van der Waals surface area contributed by atoms with Crippen molar-refractivity contribution in [2.45, 2.75) is 65.0 Å². The smallest absolute Gasteiger partial charge is 0.339 e. The number of carbonyl (C=O) groups is 2. The fraction of sp³-hybridized carbons (Fsp3) is 0.857. The molecule has 0 aromatic rings. The lowest BCUT2D eigenvalue weighted by molar-refractivity contribution is -0.160. The van der Waals surface area contributed by atoms with Crippen molar-refractivity contribution in [2.75, 3.05) is 0 Å². The average molecular weight is 330 g/mol. The lowest BCUT2D eigenvalue weighted by Crippen LogP contribution is -2.64. The Morgan fingerprint density at radius 3 is 2.50 bits per heavy atom. The van der Waals surface area contributed by atoms with Crippen LogP contribution in [0.1, 0.15) is 41.5 Å². The van der Waals surface area contributed by atoms with Crippen LogP contribution >= 0.6 is 11.9 Å². The van der Waals surface area contributed by atoms with Crippen molar-refractivity contribution in [1.82, 2.24) is 4.90 Å². The van der Waals surface area contributed by atoms with Gasteiger partial charge in [-0.2, -0.15) is 0 Å². The van der Waals surface area contributed by atoms with Gasteiger partial charge in [0.15, 0.2) is 11.3 Å². The van der Waals surface area contributed by atoms with Crippen LogP contribution in [0.5, 0.6) is 0 Å². The summed E-state index contributed by atoms with van der Waals surface area (Å²) in [4.78, 5) is 27.2. The largest absolute Gasteiger partial charge is 0.437 e. The van der Waals surface area contributed by atoms with E-state index >= 15 is 0 Å². The summed E-state index contributed by atoms with van der Waals surface area (Å²) in [6.07, 6.45) is -2.10. The number of ether oxygens (including phenoxy) is 1. The zero-order valence-corrected chi connectivity index (χ0v) is 14.6. The summed E-state index contributed by atoms with van der Waals surface area (Å²) in [6.45, 7) is 10.2. The number of fused-ring (bicyclic) bond motifs is 1. The second-order valence-electron chi connectivity index (χ2n) is 7.29. The molecule has 2 fully saturated rings. The van der Waals surface area contributed by atoms with Gasteiger partial charge in [0.05, 0.1) is 11.5 Å². The number of cyclic esters (lactones) is 1. The molecular weight excluding hydrogens is 305 g/mol. The molecule has 2 heterocycles. The van der Waals surface area contributed by atoms with Crippen LogP contribution in [0.15, 0.2) is 0 Å². The van der Waals surface area contributed by atoms with Crippen LogP contribution in [0.4, 0.5) is 0 Å². The van der Waals surface area contributed by atoms with Crippen molar-refractivity contribution < 1.29 is 23.6 Å². The monoisotopic (exact) mass is 330 g/mol. The van der Waals surface area contributed by atoms with Crippen LogP contribution in [0.3, 0.4) is 0 Å². The van der Waals surface area contributed by atoms with Crippen LogP contribution in [-0.2, 0) is 18.5 Å². The Morgan fingerprint density at radius 2 is 2.00 bits per heavy atom. The van der Waals surface area contributed by atoms with E-state index in [1.807, 2.05) is 0 Å². The van der Waals surface area contributed by atoms with Crippen LogP contribution < -0.4 is 0 Å². The number of esters is 1. The summed E-state index contributed by atoms with van der Waals surface area (Å²) < 4.78 is 18.2. The molecule has 0 bridgehead atoms. The number of nitrogens with zero attached hydrogens (tertiary/aromatic N) is 1. The minimum Gasteiger partial charge on any atom is -0.437 e. The molecule has 6 nitrogen and oxygen atoms in total. The van der Waals surface area contributed by atoms with Crippen LogP contribution in [-0.4, -0.2) is 53.8 Å². The molecule has 2 aliphatic rings. The van der Waals surface area contributed by atoms with Crippen LogP contribution in [0.25, 0.3) is 0 Å². The summed E-state index contributed by atoms with van der Waals surface area (Å²) in [6, 6.07) is 0. The van der Waals surface area contributed by atoms with E-state index in [0.29, 0.717) is 0 Å². The summed E-state index contributed by atoms with van der Waals surface area (Å²) in [5, 5.41) is 10.9. The van der Waals surface area contributed by atoms with Gasteiger partial charge in [0.25, 0.3) is 0 Å². The summed E-state index contributed by atoms with van der Waals surface area (Å²) in [5.74, 6) is -1.28. The number of aliphatic hydroxyl groups excluding tert-OH is 1. The fourth-order valence-electron chi connectivity index (χ4n) is 3.64. The lowest BCUT2D eigenvalue weighted by Gasteiger charge is -2.40. The molecule has 0 saturated carbocycles. The molecule has 123 valence electrons. The van der Waals surface area contributed by atoms with Gasteiger partial charge in [-0.3, -0.25) is 9.69 Å². The van der Waals surface area contributed by atoms with Crippen molar-refractivity contribution in [3.05, 3.63) is 0 Å². The highest BCUT2D eigenvalue weighted by Gasteiger charge is 2.78. The van der Waals surface area contributed by atoms with Gasteiger partial charge >= 0.3 is 5.97 Å². The first-order valence-electron chi connectivity index (χ1n) is 7.81. The second kappa shape index (κ2) is 5.14. The van der Waals surface area contributed by atoms with Crippen LogP contribution in [0, 0.1) is 11.3 Å². The first-order chi connectivity index (χ1) is 10.5. The topological polar surface area (TPSA) is 76.1 Å². The van der Waals surface area contributed by atoms with Gasteiger partial charge in [-0.15, -0.1) is 0 Å². The lowest BCUT2D eigenvalue weighted by atomic mass is 9.74. The number of amides is 1. The van der Waals surface area contributed by atoms with Crippen molar-refractivity contribution >= 4 is 30.9 Å². The molecule has 2 saturated heterocycles. The summed E-state index contributed by atoms with van der Waals surface area (Å²) in [7, 11) is 0.976. The Morgan fingerprint density at radius 1 is 1.41 bits per heavy atom. The van der Waals surface area contributed by atoms with E-state index < -0.39 is 34.9 Å². The van der Waals surface area contributed by atoms with Gasteiger partial charge in [-0.25, -0.2) is 4.79 Å². The predicted molar refractivity (Wildman–Crippen MR) is 84.0 cm³/mol. The summed E-state index contributed by atoms with van der Waals surface area (Å²) >= 11 is 0.732. The highest BCUT2D eigenvalue weighted by molar-refractivity contribution is 8.15. The molecule has 0 spiro atoms. The highest BCUT2D eigenvalue weighted by atomic mass is 32.2. The molecule has 0 unspecified atom stereocenters. The van der Waals surface area contributed by atoms with Crippen molar-refractivity contribution in [3.63, 3.8) is 0 Å². The van der Waals surface area contributed by atoms with Crippen molar-refractivity contribution in [2.24, 2.45) is 11.3 Å². The standard InChI is InChI=1S/C14H23BNO5S/c1-7(2)8(17)14-9(21-22-15)12(3,4)10(18)16(14)13(5,6)20-11(14)19/h7-9,15,17H,1-6H3/t8-,9-,14+/m1/s1/i15T. The zero-order chi connectivity index (χ0) is 17.8. The number of aliphatic hydroxyl groups is 1. The molecule has 2 aliphatic heterocycles. The first kappa shape index (κ1) is 16.1. The van der Waals surface area contributed by atoms with Gasteiger partial charge in [-0.05, 0) is 34.9 Å². The minimum atomic E-state index is -1.62. The average Bonchev–Trinajstić information content (AvgIpc) is 2.74. The van der Waals surface area contributed by atoms with E-state index in [9.17, 15) is 14.7 Å². The van der Waals surface area contributed by atoms with Crippen molar-refractivity contribution in [1.29, 1.82) is 1.34 Å². The van der Waals surface area contributed by atoms with Gasteiger partial charge in [-0.1, -0.05) is 25.7 Å². The third-order valence-corrected chi connectivity index (χ3v) is 4.93. The molecule has 2 rings (SSSR count). The Kier molecular flexibility index (Phi) is 3.77. The predicted octanol–water partition coefficient (Wildman–Crippen LogP) is 0.753. The molecule has 1 N–H and O–H groups in total. The van der Waals surface area contributed by atoms with E-state index in [4.69, 9.17) is 10.3 Å². The number of hydrogen-bond donors (Lipinski definition) is 1. The zero-order valence-electron chi connectivity index (χ0n) is 14.7. The Hall–Kier alpha value is -0.725. The van der Waals surface area contributed by atoms with Gasteiger partial charge in [0, 0.05) is 0 Å². The maximum atomic E-state index is 13.0.